The molecule has 0 bridgehead atoms. The van der Waals surface area contributed by atoms with Gasteiger partial charge in [0, 0.05) is 38.5 Å². The van der Waals surface area contributed by atoms with Gasteiger partial charge in [-0.25, -0.2) is 0 Å². The summed E-state index contributed by atoms with van der Waals surface area (Å²) in [4.78, 5) is 14.4. The van der Waals surface area contributed by atoms with E-state index in [0.717, 1.165) is 30.8 Å². The first-order valence-corrected chi connectivity index (χ1v) is 7.55. The third-order valence-electron chi connectivity index (χ3n) is 4.23. The number of ether oxygens (including phenoxy) is 1. The molecule has 1 fully saturated rings. The van der Waals surface area contributed by atoms with Crippen molar-refractivity contribution >= 4 is 5.91 Å². The van der Waals surface area contributed by atoms with Crippen LogP contribution in [0.25, 0.3) is 0 Å². The van der Waals surface area contributed by atoms with E-state index in [0.29, 0.717) is 19.7 Å². The molecule has 0 aromatic carbocycles. The van der Waals surface area contributed by atoms with E-state index >= 15 is 0 Å². The van der Waals surface area contributed by atoms with Crippen LogP contribution in [0.3, 0.4) is 0 Å². The number of nitrogens with one attached hydrogen (secondary N) is 1. The minimum Gasteiger partial charge on any atom is -0.383 e. The lowest BCUT2D eigenvalue weighted by molar-refractivity contribution is -0.131. The second-order valence-corrected chi connectivity index (χ2v) is 5.62. The summed E-state index contributed by atoms with van der Waals surface area (Å²) in [6.45, 7) is 6.64. The summed E-state index contributed by atoms with van der Waals surface area (Å²) in [5, 5.41) is 7.61. The molecule has 0 aliphatic carbocycles. The number of aryl methyl sites for hydroxylation is 2. The molecular weight excluding hydrogens is 268 g/mol. The molecule has 0 radical (unpaired) electrons. The molecule has 1 atom stereocenters. The van der Waals surface area contributed by atoms with Crippen LogP contribution in [0.5, 0.6) is 0 Å². The maximum atomic E-state index is 12.4. The fraction of sp³-hybridized carbons (Fsp3) is 0.733. The standard InChI is InChI=1S/C15H26N4O2/c1-11-15(12(2)18(3)17-11)13-6-5-8-19(13)14(20)10-16-7-9-21-4/h13,16H,5-10H2,1-4H3. The van der Waals surface area contributed by atoms with Gasteiger partial charge in [0.2, 0.25) is 5.91 Å². The maximum Gasteiger partial charge on any atom is 0.237 e. The third-order valence-corrected chi connectivity index (χ3v) is 4.23. The van der Waals surface area contributed by atoms with Crippen molar-refractivity contribution < 1.29 is 9.53 Å². The Kier molecular flexibility index (Phi) is 5.36. The van der Waals surface area contributed by atoms with Crippen LogP contribution in [0.4, 0.5) is 0 Å². The Morgan fingerprint density at radius 1 is 1.48 bits per heavy atom. The molecule has 118 valence electrons. The number of methoxy groups -OCH3 is 1. The summed E-state index contributed by atoms with van der Waals surface area (Å²) in [6, 6.07) is 0.176. The van der Waals surface area contributed by atoms with E-state index in [-0.39, 0.29) is 11.9 Å². The molecule has 1 amide bonds. The summed E-state index contributed by atoms with van der Waals surface area (Å²) in [5.41, 5.74) is 3.41. The Hall–Kier alpha value is -1.40. The number of nitrogens with zero attached hydrogens (tertiary/aromatic N) is 3. The molecule has 0 saturated carbocycles. The smallest absolute Gasteiger partial charge is 0.237 e. The number of aromatic nitrogens is 2. The number of carbonyl (C=O) groups excluding carboxylic acids is 1. The highest BCUT2D eigenvalue weighted by molar-refractivity contribution is 5.79. The van der Waals surface area contributed by atoms with Crippen molar-refractivity contribution in [3.63, 3.8) is 0 Å². The summed E-state index contributed by atoms with van der Waals surface area (Å²) in [6.07, 6.45) is 2.08. The van der Waals surface area contributed by atoms with Gasteiger partial charge in [0.05, 0.1) is 24.9 Å². The van der Waals surface area contributed by atoms with Gasteiger partial charge in [0.15, 0.2) is 0 Å². The van der Waals surface area contributed by atoms with Crippen LogP contribution in [0.2, 0.25) is 0 Å². The Labute approximate surface area is 126 Å². The van der Waals surface area contributed by atoms with Crippen LogP contribution >= 0.6 is 0 Å². The van der Waals surface area contributed by atoms with E-state index in [9.17, 15) is 4.79 Å². The number of likely N-dealkylation sites (tertiary alicyclic amines) is 1. The molecule has 6 heteroatoms. The number of rotatable bonds is 6. The molecule has 1 aromatic heterocycles. The normalized spacial score (nSPS) is 18.5. The van der Waals surface area contributed by atoms with Crippen molar-refractivity contribution in [3.8, 4) is 0 Å². The first-order valence-electron chi connectivity index (χ1n) is 7.55. The highest BCUT2D eigenvalue weighted by Crippen LogP contribution is 2.35. The van der Waals surface area contributed by atoms with Gasteiger partial charge in [-0.15, -0.1) is 0 Å². The Morgan fingerprint density at radius 3 is 2.86 bits per heavy atom. The zero-order valence-electron chi connectivity index (χ0n) is 13.5. The summed E-state index contributed by atoms with van der Waals surface area (Å²) in [5.74, 6) is 0.163. The van der Waals surface area contributed by atoms with E-state index in [1.807, 2.05) is 23.6 Å². The van der Waals surface area contributed by atoms with Gasteiger partial charge in [0.25, 0.3) is 0 Å². The van der Waals surface area contributed by atoms with Gasteiger partial charge >= 0.3 is 0 Å². The molecule has 1 N–H and O–H groups in total. The lowest BCUT2D eigenvalue weighted by Gasteiger charge is -2.25. The van der Waals surface area contributed by atoms with Crippen molar-refractivity contribution in [2.75, 3.05) is 33.4 Å². The summed E-state index contributed by atoms with van der Waals surface area (Å²) >= 11 is 0. The Bertz CT molecular complexity index is 498. The predicted molar refractivity (Wildman–Crippen MR) is 81.1 cm³/mol. The molecule has 1 aromatic rings. The number of hydrogen-bond donors (Lipinski definition) is 1. The molecule has 2 rings (SSSR count). The average molecular weight is 294 g/mol. The number of amides is 1. The Morgan fingerprint density at radius 2 is 2.24 bits per heavy atom. The zero-order valence-corrected chi connectivity index (χ0v) is 13.5. The van der Waals surface area contributed by atoms with Crippen LogP contribution in [0.15, 0.2) is 0 Å². The lowest BCUT2D eigenvalue weighted by atomic mass is 10.0. The first-order chi connectivity index (χ1) is 10.1. The highest BCUT2D eigenvalue weighted by Gasteiger charge is 2.33. The second-order valence-electron chi connectivity index (χ2n) is 5.62. The number of hydrogen-bond acceptors (Lipinski definition) is 4. The molecule has 2 heterocycles. The van der Waals surface area contributed by atoms with Crippen LogP contribution in [-0.2, 0) is 16.6 Å². The molecule has 6 nitrogen and oxygen atoms in total. The topological polar surface area (TPSA) is 59.4 Å². The lowest BCUT2D eigenvalue weighted by Crippen LogP contribution is -2.38. The molecule has 1 aliphatic rings. The van der Waals surface area contributed by atoms with Crippen LogP contribution in [-0.4, -0.2) is 53.9 Å². The Balaban J connectivity index is 2.04. The van der Waals surface area contributed by atoms with E-state index < -0.39 is 0 Å². The molecule has 1 aliphatic heterocycles. The van der Waals surface area contributed by atoms with Crippen LogP contribution in [0, 0.1) is 13.8 Å². The molecule has 1 saturated heterocycles. The van der Waals surface area contributed by atoms with Gasteiger partial charge in [0.1, 0.15) is 0 Å². The van der Waals surface area contributed by atoms with Crippen LogP contribution < -0.4 is 5.32 Å². The van der Waals surface area contributed by atoms with Crippen molar-refractivity contribution in [3.05, 3.63) is 17.0 Å². The molecule has 21 heavy (non-hydrogen) atoms. The van der Waals surface area contributed by atoms with Gasteiger partial charge < -0.3 is 15.0 Å². The maximum absolute atomic E-state index is 12.4. The quantitative estimate of drug-likeness (QED) is 0.793. The first kappa shape index (κ1) is 16.0. The van der Waals surface area contributed by atoms with E-state index in [1.165, 1.54) is 5.56 Å². The largest absolute Gasteiger partial charge is 0.383 e. The fourth-order valence-corrected chi connectivity index (χ4v) is 3.11. The molecule has 1 unspecified atom stereocenters. The van der Waals surface area contributed by atoms with Crippen molar-refractivity contribution in [2.24, 2.45) is 7.05 Å². The fourth-order valence-electron chi connectivity index (χ4n) is 3.11. The summed E-state index contributed by atoms with van der Waals surface area (Å²) in [7, 11) is 3.62. The average Bonchev–Trinajstić information content (AvgIpc) is 3.00. The summed E-state index contributed by atoms with van der Waals surface area (Å²) < 4.78 is 6.88. The second kappa shape index (κ2) is 7.04. The minimum absolute atomic E-state index is 0.163. The third kappa shape index (κ3) is 3.44. The zero-order chi connectivity index (χ0) is 15.4. The van der Waals surface area contributed by atoms with Gasteiger partial charge in [-0.3, -0.25) is 9.48 Å². The highest BCUT2D eigenvalue weighted by atomic mass is 16.5. The van der Waals surface area contributed by atoms with Crippen LogP contribution in [0.1, 0.15) is 35.8 Å². The van der Waals surface area contributed by atoms with Gasteiger partial charge in [-0.05, 0) is 26.7 Å². The minimum atomic E-state index is 0.163. The monoisotopic (exact) mass is 294 g/mol. The van der Waals surface area contributed by atoms with Crippen molar-refractivity contribution in [1.82, 2.24) is 20.0 Å². The van der Waals surface area contributed by atoms with E-state index in [2.05, 4.69) is 17.3 Å². The molecule has 0 spiro atoms. The number of carbonyl (C=O) groups is 1. The van der Waals surface area contributed by atoms with Crippen molar-refractivity contribution in [2.45, 2.75) is 32.7 Å². The van der Waals surface area contributed by atoms with E-state index in [4.69, 9.17) is 4.74 Å². The predicted octanol–water partition coefficient (Wildman–Crippen LogP) is 0.936. The van der Waals surface area contributed by atoms with Crippen molar-refractivity contribution in [1.29, 1.82) is 0 Å². The van der Waals surface area contributed by atoms with E-state index in [1.54, 1.807) is 7.11 Å². The molecular formula is C15H26N4O2. The SMILES string of the molecule is COCCNCC(=O)N1CCCC1c1c(C)nn(C)c1C. The van der Waals surface area contributed by atoms with Gasteiger partial charge in [-0.1, -0.05) is 0 Å². The van der Waals surface area contributed by atoms with Gasteiger partial charge in [-0.2, -0.15) is 5.10 Å².